The molecular formula is C40H28BrCl2F8NO5. The van der Waals surface area contributed by atoms with E-state index in [1.807, 2.05) is 0 Å². The second kappa shape index (κ2) is 18.5. The lowest BCUT2D eigenvalue weighted by molar-refractivity contribution is -0.139. The van der Waals surface area contributed by atoms with Crippen LogP contribution in [0.2, 0.25) is 10.0 Å². The number of benzene rings is 5. The summed E-state index contributed by atoms with van der Waals surface area (Å²) < 4.78 is 124. The van der Waals surface area contributed by atoms with E-state index in [1.54, 1.807) is 35.0 Å². The molecule has 0 aliphatic rings. The molecule has 0 fully saturated rings. The lowest BCUT2D eigenvalue weighted by Crippen LogP contribution is -2.10. The molecule has 0 saturated carbocycles. The lowest BCUT2D eigenvalue weighted by atomic mass is 10.1. The van der Waals surface area contributed by atoms with Crippen LogP contribution in [0.1, 0.15) is 33.4 Å². The Morgan fingerprint density at radius 2 is 1.18 bits per heavy atom. The first kappa shape index (κ1) is 43.1. The van der Waals surface area contributed by atoms with E-state index >= 15 is 0 Å². The van der Waals surface area contributed by atoms with Gasteiger partial charge >= 0.3 is 18.3 Å². The third-order valence-electron chi connectivity index (χ3n) is 8.18. The van der Waals surface area contributed by atoms with E-state index in [4.69, 9.17) is 42.5 Å². The Morgan fingerprint density at radius 3 is 1.67 bits per heavy atom. The summed E-state index contributed by atoms with van der Waals surface area (Å²) in [5.74, 6) is -1.49. The molecule has 0 bridgehead atoms. The summed E-state index contributed by atoms with van der Waals surface area (Å²) >= 11 is 14.5. The summed E-state index contributed by atoms with van der Waals surface area (Å²) in [7, 11) is 0. The Balaban J connectivity index is 0.000000242. The van der Waals surface area contributed by atoms with Gasteiger partial charge in [0.25, 0.3) is 0 Å². The number of halogens is 11. The number of carbonyl (C=O) groups is 1. The number of aliphatic carboxylic acids is 1. The van der Waals surface area contributed by atoms with E-state index in [0.717, 1.165) is 36.4 Å². The summed E-state index contributed by atoms with van der Waals surface area (Å²) in [6, 6.07) is 21.1. The fourth-order valence-electron chi connectivity index (χ4n) is 5.39. The molecule has 0 unspecified atom stereocenters. The minimum Gasteiger partial charge on any atom is -0.488 e. The molecule has 300 valence electrons. The van der Waals surface area contributed by atoms with Crippen LogP contribution in [0.4, 0.5) is 35.1 Å². The van der Waals surface area contributed by atoms with Gasteiger partial charge in [0.1, 0.15) is 42.1 Å². The van der Waals surface area contributed by atoms with Crippen LogP contribution >= 0.6 is 39.1 Å². The Bertz CT molecular complexity index is 2370. The Kier molecular flexibility index (Phi) is 14.0. The van der Waals surface area contributed by atoms with Crippen molar-refractivity contribution >= 4 is 56.0 Å². The van der Waals surface area contributed by atoms with E-state index in [1.165, 1.54) is 36.4 Å². The lowest BCUT2D eigenvalue weighted by Gasteiger charge is -2.16. The average Bonchev–Trinajstić information content (AvgIpc) is 3.56. The molecule has 0 spiro atoms. The summed E-state index contributed by atoms with van der Waals surface area (Å²) in [4.78, 5) is 10.8. The first-order valence-electron chi connectivity index (χ1n) is 16.4. The van der Waals surface area contributed by atoms with Crippen LogP contribution in [0.5, 0.6) is 17.2 Å². The molecule has 0 aliphatic carbocycles. The molecule has 6 nitrogen and oxygen atoms in total. The minimum absolute atomic E-state index is 0.00817. The molecule has 1 aromatic heterocycles. The highest BCUT2D eigenvalue weighted by atomic mass is 79.9. The van der Waals surface area contributed by atoms with E-state index in [0.29, 0.717) is 22.2 Å². The maximum atomic E-state index is 14.1. The minimum atomic E-state index is -4.56. The molecule has 1 heterocycles. The molecule has 5 aromatic carbocycles. The summed E-state index contributed by atoms with van der Waals surface area (Å²) in [6.45, 7) is -0.833. The molecular weight excluding hydrogens is 877 g/mol. The van der Waals surface area contributed by atoms with Crippen molar-refractivity contribution in [2.75, 3.05) is 6.61 Å². The van der Waals surface area contributed by atoms with Crippen molar-refractivity contribution in [3.63, 3.8) is 0 Å². The topological polar surface area (TPSA) is 69.9 Å². The molecule has 57 heavy (non-hydrogen) atoms. The summed E-state index contributed by atoms with van der Waals surface area (Å²) in [6.07, 6.45) is -7.33. The molecule has 6 rings (SSSR count). The maximum Gasteiger partial charge on any atom is 0.416 e. The summed E-state index contributed by atoms with van der Waals surface area (Å²) in [5.41, 5.74) is 0.0517. The van der Waals surface area contributed by atoms with E-state index in [-0.39, 0.29) is 63.3 Å². The molecule has 0 atom stereocenters. The number of fused-ring (bicyclic) bond motifs is 1. The molecule has 0 amide bonds. The van der Waals surface area contributed by atoms with Crippen molar-refractivity contribution in [2.45, 2.75) is 37.4 Å². The van der Waals surface area contributed by atoms with Crippen molar-refractivity contribution in [1.29, 1.82) is 0 Å². The molecule has 0 saturated heterocycles. The zero-order valence-corrected chi connectivity index (χ0v) is 32.1. The summed E-state index contributed by atoms with van der Waals surface area (Å²) in [5, 5.41) is 10.1. The highest BCUT2D eigenvalue weighted by molar-refractivity contribution is 9.08. The van der Waals surface area contributed by atoms with E-state index in [2.05, 4.69) is 15.9 Å². The third-order valence-corrected chi connectivity index (χ3v) is 9.26. The van der Waals surface area contributed by atoms with Crippen LogP contribution < -0.4 is 14.2 Å². The van der Waals surface area contributed by atoms with Crippen molar-refractivity contribution in [1.82, 2.24) is 4.57 Å². The van der Waals surface area contributed by atoms with Crippen molar-refractivity contribution in [3.8, 4) is 17.2 Å². The number of hydrogen-bond acceptors (Lipinski definition) is 4. The normalized spacial score (nSPS) is 11.6. The second-order valence-electron chi connectivity index (χ2n) is 12.1. The highest BCUT2D eigenvalue weighted by Gasteiger charge is 2.32. The van der Waals surface area contributed by atoms with E-state index < -0.39 is 47.7 Å². The third kappa shape index (κ3) is 11.5. The number of carboxylic acid groups (broad SMARTS) is 1. The largest absolute Gasteiger partial charge is 0.488 e. The predicted molar refractivity (Wildman–Crippen MR) is 201 cm³/mol. The van der Waals surface area contributed by atoms with Crippen LogP contribution in [-0.4, -0.2) is 22.2 Å². The first-order valence-corrected chi connectivity index (χ1v) is 18.3. The van der Waals surface area contributed by atoms with Gasteiger partial charge in [-0.05, 0) is 78.9 Å². The molecule has 0 aliphatic heterocycles. The number of carboxylic acids is 1. The van der Waals surface area contributed by atoms with Gasteiger partial charge in [-0.3, -0.25) is 0 Å². The number of hydrogen-bond donors (Lipinski definition) is 1. The van der Waals surface area contributed by atoms with Crippen molar-refractivity contribution < 1.29 is 59.2 Å². The predicted octanol–water partition coefficient (Wildman–Crippen LogP) is 12.5. The Hall–Kier alpha value is -4.99. The van der Waals surface area contributed by atoms with Gasteiger partial charge in [-0.25, -0.2) is 13.6 Å². The Morgan fingerprint density at radius 1 is 0.649 bits per heavy atom. The maximum absolute atomic E-state index is 14.1. The molecule has 1 N–H and O–H groups in total. The van der Waals surface area contributed by atoms with Crippen LogP contribution in [0.25, 0.3) is 10.9 Å². The van der Waals surface area contributed by atoms with Gasteiger partial charge in [0, 0.05) is 49.2 Å². The molecule has 6 aromatic rings. The number of nitrogens with zero attached hydrogens (tertiary/aromatic N) is 1. The zero-order valence-electron chi connectivity index (χ0n) is 29.0. The fourth-order valence-corrected chi connectivity index (χ4v) is 6.15. The Labute approximate surface area is 338 Å². The number of alkyl halides is 7. The number of aromatic nitrogens is 1. The molecule has 17 heteroatoms. The van der Waals surface area contributed by atoms with Gasteiger partial charge in [0.05, 0.1) is 23.2 Å². The zero-order chi connectivity index (χ0) is 41.5. The highest BCUT2D eigenvalue weighted by Crippen LogP contribution is 2.36. The van der Waals surface area contributed by atoms with Crippen LogP contribution in [0.15, 0.2) is 103 Å². The quantitative estimate of drug-likeness (QED) is 0.0979. The van der Waals surface area contributed by atoms with Gasteiger partial charge in [-0.1, -0.05) is 57.3 Å². The van der Waals surface area contributed by atoms with Gasteiger partial charge in [0.2, 0.25) is 0 Å². The van der Waals surface area contributed by atoms with Crippen LogP contribution in [-0.2, 0) is 42.2 Å². The van der Waals surface area contributed by atoms with Crippen LogP contribution in [0, 0.1) is 11.6 Å². The first-order chi connectivity index (χ1) is 26.9. The molecule has 0 radical (unpaired) electrons. The van der Waals surface area contributed by atoms with Crippen molar-refractivity contribution in [2.24, 2.45) is 0 Å². The average molecular weight is 905 g/mol. The van der Waals surface area contributed by atoms with Gasteiger partial charge in [-0.2, -0.15) is 26.3 Å². The smallest absolute Gasteiger partial charge is 0.416 e. The number of rotatable bonds is 12. The van der Waals surface area contributed by atoms with E-state index in [9.17, 15) is 39.9 Å². The van der Waals surface area contributed by atoms with Crippen LogP contribution in [0.3, 0.4) is 0 Å². The van der Waals surface area contributed by atoms with Crippen molar-refractivity contribution in [3.05, 3.63) is 158 Å². The van der Waals surface area contributed by atoms with Gasteiger partial charge in [-0.15, -0.1) is 0 Å². The van der Waals surface area contributed by atoms with Gasteiger partial charge < -0.3 is 23.9 Å². The van der Waals surface area contributed by atoms with Gasteiger partial charge in [0.15, 0.2) is 6.61 Å². The monoisotopic (exact) mass is 903 g/mol. The fraction of sp³-hybridized carbons (Fsp3) is 0.175. The SMILES string of the molecule is Fc1cc(Cl)ccc1COc1ccc(C(F)(F)F)cc1CBr.O=C(O)COc1cccc2c1ccn2Cc1cc(C(F)(F)F)ccc1OCc1ccc(Cl)cc1F. The number of ether oxygens (including phenoxy) is 3. The standard InChI is InChI=1S/C25H18ClF4NO4.C15H10BrClF4O/c26-18-6-4-15(20(27)11-18)13-34-22-7-5-17(25(28,29)30)10-16(22)12-31-9-8-19-21(31)2-1-3-23(19)35-14-24(32)33;16-7-10-5-11(15(19,20)21)2-4-14(10)22-8-9-1-3-12(17)6-13(9)18/h1-11H,12-14H2,(H,32,33);1-6H,7-8H2. The second-order valence-corrected chi connectivity index (χ2v) is 13.6.